The van der Waals surface area contributed by atoms with Gasteiger partial charge in [0.05, 0.1) is 48.9 Å². The highest BCUT2D eigenvalue weighted by molar-refractivity contribution is 5.92. The quantitative estimate of drug-likeness (QED) is 0.390. The molecule has 4 heterocycles. The summed E-state index contributed by atoms with van der Waals surface area (Å²) in [6.45, 7) is 1.24. The number of hydrazine groups is 1. The van der Waals surface area contributed by atoms with Crippen LogP contribution in [-0.4, -0.2) is 75.9 Å². The summed E-state index contributed by atoms with van der Waals surface area (Å²) < 4.78 is 37.4. The van der Waals surface area contributed by atoms with Gasteiger partial charge in [0.25, 0.3) is 0 Å². The number of amides is 3. The van der Waals surface area contributed by atoms with Crippen molar-refractivity contribution in [2.24, 2.45) is 0 Å². The van der Waals surface area contributed by atoms with E-state index in [1.54, 1.807) is 12.4 Å². The number of hydrogen-bond acceptors (Lipinski definition) is 8. The number of hydrogen-bond donors (Lipinski definition) is 2. The highest BCUT2D eigenvalue weighted by atomic mass is 19.1. The number of fused-ring (bicyclic) bond motifs is 1. The number of cyclic esters (lactones) is 1. The minimum atomic E-state index is -0.817. The monoisotopic (exact) mass is 549 g/mol. The molecule has 2 aromatic heterocycles. The Morgan fingerprint density at radius 2 is 1.95 bits per heavy atom. The van der Waals surface area contributed by atoms with Crippen molar-refractivity contribution in [2.75, 3.05) is 47.8 Å². The van der Waals surface area contributed by atoms with E-state index in [1.165, 1.54) is 25.7 Å². The molecule has 0 unspecified atom stereocenters. The standard InChI is InChI=1S/C26H25F2N9O3/c27-21-12-19(36-16-20(40-26(36)39)15-35-8-5-30-33-35)13-22(28)24(21)34-7-6-31-37(10-9-34)25(38)32-18-11-17-3-1-2-4-23(17)29-14-18/h1-5,8,11-14,20,31H,6-7,9-10,15-16H2,(H,32,38)/t20-/m0/s1. The van der Waals surface area contributed by atoms with Crippen LogP contribution < -0.4 is 20.5 Å². The van der Waals surface area contributed by atoms with Gasteiger partial charge < -0.3 is 15.0 Å². The van der Waals surface area contributed by atoms with E-state index in [2.05, 4.69) is 26.0 Å². The van der Waals surface area contributed by atoms with Crippen LogP contribution >= 0.6 is 0 Å². The summed E-state index contributed by atoms with van der Waals surface area (Å²) in [5.74, 6) is -1.63. The molecule has 1 atom stereocenters. The second-order valence-electron chi connectivity index (χ2n) is 9.39. The second kappa shape index (κ2) is 10.7. The molecular formula is C26H25F2N9O3. The number of urea groups is 1. The van der Waals surface area contributed by atoms with Gasteiger partial charge in [-0.05, 0) is 12.1 Å². The van der Waals surface area contributed by atoms with E-state index >= 15 is 8.78 Å². The van der Waals surface area contributed by atoms with Crippen LogP contribution in [0.3, 0.4) is 0 Å². The topological polar surface area (TPSA) is 121 Å². The number of carbonyl (C=O) groups excluding carboxylic acids is 2. The fraction of sp³-hybridized carbons (Fsp3) is 0.269. The van der Waals surface area contributed by atoms with Crippen molar-refractivity contribution in [3.8, 4) is 0 Å². The first kappa shape index (κ1) is 25.4. The maximum absolute atomic E-state index is 15.3. The lowest BCUT2D eigenvalue weighted by Crippen LogP contribution is -2.46. The number of nitrogens with zero attached hydrogens (tertiary/aromatic N) is 7. The van der Waals surface area contributed by atoms with Crippen LogP contribution in [0.25, 0.3) is 10.9 Å². The first-order chi connectivity index (χ1) is 19.4. The van der Waals surface area contributed by atoms with Gasteiger partial charge in [-0.25, -0.2) is 28.5 Å². The SMILES string of the molecule is O=C(Nc1cnc2ccccc2c1)N1CCN(c2c(F)cc(N3C[C@H](Cn4ccnn4)OC3=O)cc2F)CCN1. The highest BCUT2D eigenvalue weighted by Crippen LogP contribution is 2.31. The summed E-state index contributed by atoms with van der Waals surface area (Å²) in [7, 11) is 0. The zero-order chi connectivity index (χ0) is 27.6. The molecule has 2 fully saturated rings. The van der Waals surface area contributed by atoms with Gasteiger partial charge in [0.15, 0.2) is 11.6 Å². The van der Waals surface area contributed by atoms with Crippen LogP contribution in [0.15, 0.2) is 61.1 Å². The normalized spacial score (nSPS) is 17.7. The van der Waals surface area contributed by atoms with Crippen molar-refractivity contribution in [2.45, 2.75) is 12.6 Å². The number of anilines is 3. The van der Waals surface area contributed by atoms with Gasteiger partial charge in [-0.15, -0.1) is 5.10 Å². The third-order valence-corrected chi connectivity index (χ3v) is 6.73. The van der Waals surface area contributed by atoms with Gasteiger partial charge in [0.1, 0.15) is 11.8 Å². The van der Waals surface area contributed by atoms with Crippen molar-refractivity contribution in [3.05, 3.63) is 72.7 Å². The van der Waals surface area contributed by atoms with E-state index in [-0.39, 0.29) is 50.6 Å². The zero-order valence-electron chi connectivity index (χ0n) is 21.2. The van der Waals surface area contributed by atoms with Crippen molar-refractivity contribution >= 4 is 40.1 Å². The van der Waals surface area contributed by atoms with Gasteiger partial charge in [-0.1, -0.05) is 23.4 Å². The number of nitrogens with one attached hydrogen (secondary N) is 2. The molecule has 3 amide bonds. The summed E-state index contributed by atoms with van der Waals surface area (Å²) in [6.07, 6.45) is 3.47. The van der Waals surface area contributed by atoms with Crippen LogP contribution in [0, 0.1) is 11.6 Å². The predicted molar refractivity (Wildman–Crippen MR) is 142 cm³/mol. The Kier molecular flexibility index (Phi) is 6.82. The molecule has 0 bridgehead atoms. The average molecular weight is 550 g/mol. The molecule has 0 radical (unpaired) electrons. The number of benzene rings is 2. The van der Waals surface area contributed by atoms with Gasteiger partial charge in [0.2, 0.25) is 0 Å². The molecule has 6 rings (SSSR count). The third kappa shape index (κ3) is 5.20. The number of halogens is 2. The third-order valence-electron chi connectivity index (χ3n) is 6.73. The number of ether oxygens (including phenoxy) is 1. The Labute approximate surface area is 227 Å². The van der Waals surface area contributed by atoms with Crippen molar-refractivity contribution in [3.63, 3.8) is 0 Å². The van der Waals surface area contributed by atoms with E-state index in [4.69, 9.17) is 4.74 Å². The number of carbonyl (C=O) groups is 2. The van der Waals surface area contributed by atoms with Gasteiger partial charge in [-0.3, -0.25) is 14.9 Å². The molecule has 2 aliphatic rings. The van der Waals surface area contributed by atoms with Gasteiger partial charge >= 0.3 is 12.1 Å². The van der Waals surface area contributed by atoms with E-state index in [9.17, 15) is 9.59 Å². The maximum atomic E-state index is 15.3. The average Bonchev–Trinajstić information content (AvgIpc) is 3.51. The molecule has 2 aromatic carbocycles. The van der Waals surface area contributed by atoms with Crippen LogP contribution in [0.5, 0.6) is 0 Å². The van der Waals surface area contributed by atoms with Gasteiger partial charge in [0, 0.05) is 43.4 Å². The van der Waals surface area contributed by atoms with Crippen molar-refractivity contribution < 1.29 is 23.1 Å². The molecule has 2 N–H and O–H groups in total. The summed E-state index contributed by atoms with van der Waals surface area (Å²) in [4.78, 5) is 32.4. The zero-order valence-corrected chi connectivity index (χ0v) is 21.2. The smallest absolute Gasteiger partial charge is 0.414 e. The van der Waals surface area contributed by atoms with E-state index < -0.39 is 29.9 Å². The van der Waals surface area contributed by atoms with E-state index in [0.29, 0.717) is 5.69 Å². The van der Waals surface area contributed by atoms with E-state index in [0.717, 1.165) is 23.0 Å². The Morgan fingerprint density at radius 1 is 1.12 bits per heavy atom. The summed E-state index contributed by atoms with van der Waals surface area (Å²) in [5.41, 5.74) is 4.17. The van der Waals surface area contributed by atoms with Crippen LogP contribution in [-0.2, 0) is 11.3 Å². The molecule has 0 aliphatic carbocycles. The number of aromatic nitrogens is 4. The Hall–Kier alpha value is -4.85. The summed E-state index contributed by atoms with van der Waals surface area (Å²) in [5, 5.41) is 12.6. The minimum absolute atomic E-state index is 0.0581. The van der Waals surface area contributed by atoms with Gasteiger partial charge in [-0.2, -0.15) is 0 Å². The second-order valence-corrected chi connectivity index (χ2v) is 9.39. The molecule has 4 aromatic rings. The Balaban J connectivity index is 1.11. The van der Waals surface area contributed by atoms with Crippen LogP contribution in [0.2, 0.25) is 0 Å². The highest BCUT2D eigenvalue weighted by Gasteiger charge is 2.34. The fourth-order valence-corrected chi connectivity index (χ4v) is 4.84. The lowest BCUT2D eigenvalue weighted by atomic mass is 10.2. The summed E-state index contributed by atoms with van der Waals surface area (Å²) >= 11 is 0. The molecule has 0 spiro atoms. The number of para-hydroxylation sites is 1. The van der Waals surface area contributed by atoms with E-state index in [1.807, 2.05) is 30.3 Å². The molecule has 14 heteroatoms. The molecular weight excluding hydrogens is 524 g/mol. The first-order valence-electron chi connectivity index (χ1n) is 12.7. The Morgan fingerprint density at radius 3 is 2.75 bits per heavy atom. The molecule has 206 valence electrons. The maximum Gasteiger partial charge on any atom is 0.414 e. The van der Waals surface area contributed by atoms with Crippen LogP contribution in [0.4, 0.5) is 35.4 Å². The molecule has 0 saturated carbocycles. The lowest BCUT2D eigenvalue weighted by Gasteiger charge is -2.25. The largest absolute Gasteiger partial charge is 0.442 e. The van der Waals surface area contributed by atoms with Crippen molar-refractivity contribution in [1.29, 1.82) is 0 Å². The predicted octanol–water partition coefficient (Wildman–Crippen LogP) is 2.99. The molecule has 40 heavy (non-hydrogen) atoms. The van der Waals surface area contributed by atoms with Crippen LogP contribution in [0.1, 0.15) is 0 Å². The number of pyridine rings is 1. The van der Waals surface area contributed by atoms with Crippen molar-refractivity contribution in [1.82, 2.24) is 30.4 Å². The first-order valence-corrected chi connectivity index (χ1v) is 12.7. The minimum Gasteiger partial charge on any atom is -0.442 e. The lowest BCUT2D eigenvalue weighted by molar-refractivity contribution is 0.129. The fourth-order valence-electron chi connectivity index (χ4n) is 4.84. The molecule has 12 nitrogen and oxygen atoms in total. The summed E-state index contributed by atoms with van der Waals surface area (Å²) in [6, 6.07) is 11.2. The Bertz CT molecular complexity index is 1530. The number of rotatable bonds is 5. The molecule has 2 saturated heterocycles. The molecule has 2 aliphatic heterocycles.